The van der Waals surface area contributed by atoms with Crippen LogP contribution in [0.15, 0.2) is 65.2 Å². The van der Waals surface area contributed by atoms with Crippen LogP contribution in [0.25, 0.3) is 11.3 Å². The average molecular weight is 504 g/mol. The van der Waals surface area contributed by atoms with E-state index >= 15 is 0 Å². The van der Waals surface area contributed by atoms with Crippen molar-refractivity contribution in [1.29, 1.82) is 0 Å². The first kappa shape index (κ1) is 25.0. The van der Waals surface area contributed by atoms with Gasteiger partial charge >= 0.3 is 0 Å². The van der Waals surface area contributed by atoms with E-state index in [4.69, 9.17) is 14.0 Å². The largest absolute Gasteiger partial charge is 0.491 e. The van der Waals surface area contributed by atoms with Crippen LogP contribution in [-0.2, 0) is 16.0 Å². The number of carbonyl (C=O) groups excluding carboxylic acids is 2. The summed E-state index contributed by atoms with van der Waals surface area (Å²) in [6.07, 6.45) is 3.09. The predicted molar refractivity (Wildman–Crippen MR) is 138 cm³/mol. The Morgan fingerprint density at radius 3 is 2.68 bits per heavy atom. The third kappa shape index (κ3) is 5.39. The molecule has 0 saturated carbocycles. The summed E-state index contributed by atoms with van der Waals surface area (Å²) in [6.45, 7) is 4.19. The molecule has 3 aromatic rings. The van der Waals surface area contributed by atoms with Gasteiger partial charge in [-0.1, -0.05) is 53.7 Å². The van der Waals surface area contributed by atoms with Crippen LogP contribution >= 0.6 is 0 Å². The lowest BCUT2D eigenvalue weighted by Gasteiger charge is -2.43. The number of rotatable bonds is 3. The van der Waals surface area contributed by atoms with Gasteiger partial charge in [0, 0.05) is 24.7 Å². The Balaban J connectivity index is 1.35. The quantitative estimate of drug-likeness (QED) is 0.533. The second-order valence-electron chi connectivity index (χ2n) is 9.56. The number of carbonyl (C=O) groups is 2. The first-order valence-corrected chi connectivity index (χ1v) is 13.0. The molecule has 0 N–H and O–H groups in total. The van der Waals surface area contributed by atoms with Gasteiger partial charge in [0.25, 0.3) is 11.8 Å². The molecule has 1 atom stereocenters. The van der Waals surface area contributed by atoms with E-state index in [0.29, 0.717) is 38.4 Å². The fourth-order valence-electron chi connectivity index (χ4n) is 5.16. The van der Waals surface area contributed by atoms with Gasteiger partial charge in [0.15, 0.2) is 5.60 Å². The van der Waals surface area contributed by atoms with E-state index in [0.717, 1.165) is 30.6 Å². The Morgan fingerprint density at radius 1 is 1.03 bits per heavy atom. The van der Waals surface area contributed by atoms with Crippen molar-refractivity contribution in [3.05, 3.63) is 72.0 Å². The lowest BCUT2D eigenvalue weighted by molar-refractivity contribution is -0.170. The minimum atomic E-state index is -1.09. The SMILES string of the molecule is CCN1CCOc2ccccc2CCCCC2(CN(C(=O)c3cc(-c4ccccc4)no3)CCO2)C1=O. The van der Waals surface area contributed by atoms with Crippen LogP contribution in [-0.4, -0.2) is 71.8 Å². The summed E-state index contributed by atoms with van der Waals surface area (Å²) in [5.74, 6) is 0.673. The summed E-state index contributed by atoms with van der Waals surface area (Å²) < 4.78 is 17.7. The van der Waals surface area contributed by atoms with Crippen molar-refractivity contribution < 1.29 is 23.6 Å². The maximum Gasteiger partial charge on any atom is 0.292 e. The molecule has 194 valence electrons. The van der Waals surface area contributed by atoms with Gasteiger partial charge in [-0.25, -0.2) is 0 Å². The van der Waals surface area contributed by atoms with Gasteiger partial charge in [0.1, 0.15) is 18.1 Å². The monoisotopic (exact) mass is 503 g/mol. The fourth-order valence-corrected chi connectivity index (χ4v) is 5.16. The summed E-state index contributed by atoms with van der Waals surface area (Å²) in [6, 6.07) is 19.3. The van der Waals surface area contributed by atoms with Crippen LogP contribution in [0, 0.1) is 0 Å². The number of hydrogen-bond donors (Lipinski definition) is 0. The predicted octanol–water partition coefficient (Wildman–Crippen LogP) is 4.21. The van der Waals surface area contributed by atoms with Crippen LogP contribution in [0.2, 0.25) is 0 Å². The minimum absolute atomic E-state index is 0.0903. The number of amides is 2. The maximum absolute atomic E-state index is 13.9. The fraction of sp³-hybridized carbons (Fsp3) is 0.414. The van der Waals surface area contributed by atoms with Crippen molar-refractivity contribution in [2.24, 2.45) is 0 Å². The van der Waals surface area contributed by atoms with E-state index in [-0.39, 0.29) is 30.7 Å². The summed E-state index contributed by atoms with van der Waals surface area (Å²) >= 11 is 0. The molecule has 0 aliphatic carbocycles. The molecule has 2 aromatic carbocycles. The average Bonchev–Trinajstić information content (AvgIpc) is 3.44. The van der Waals surface area contributed by atoms with Crippen molar-refractivity contribution in [3.8, 4) is 17.0 Å². The van der Waals surface area contributed by atoms with Gasteiger partial charge in [-0.05, 0) is 44.2 Å². The van der Waals surface area contributed by atoms with Crippen molar-refractivity contribution in [1.82, 2.24) is 15.0 Å². The van der Waals surface area contributed by atoms with E-state index < -0.39 is 5.60 Å². The number of aromatic nitrogens is 1. The highest BCUT2D eigenvalue weighted by molar-refractivity contribution is 5.94. The van der Waals surface area contributed by atoms with E-state index in [1.165, 1.54) is 5.56 Å². The summed E-state index contributed by atoms with van der Waals surface area (Å²) in [7, 11) is 0. The van der Waals surface area contributed by atoms with Crippen molar-refractivity contribution >= 4 is 11.8 Å². The van der Waals surface area contributed by atoms with E-state index in [9.17, 15) is 9.59 Å². The standard InChI is InChI=1S/C29H33N3O5/c1-2-31-16-18-35-25-14-7-6-12-23(25)13-8-9-15-29(28(31)34)21-32(17-19-36-29)27(33)26-20-24(30-37-26)22-10-4-3-5-11-22/h3-7,10-12,14,20H,2,8-9,13,15-19,21H2,1H3. The summed E-state index contributed by atoms with van der Waals surface area (Å²) in [5.41, 5.74) is 1.56. The number of para-hydroxylation sites is 1. The van der Waals surface area contributed by atoms with Crippen LogP contribution < -0.4 is 4.74 Å². The smallest absolute Gasteiger partial charge is 0.292 e. The zero-order valence-electron chi connectivity index (χ0n) is 21.2. The first-order valence-electron chi connectivity index (χ1n) is 13.0. The Morgan fingerprint density at radius 2 is 1.84 bits per heavy atom. The van der Waals surface area contributed by atoms with Crippen LogP contribution in [0.4, 0.5) is 0 Å². The number of hydrogen-bond acceptors (Lipinski definition) is 6. The topological polar surface area (TPSA) is 85.1 Å². The number of morpholine rings is 1. The Hall–Kier alpha value is -3.65. The molecule has 8 heteroatoms. The molecule has 1 spiro atoms. The van der Waals surface area contributed by atoms with E-state index in [2.05, 4.69) is 11.2 Å². The minimum Gasteiger partial charge on any atom is -0.491 e. The molecule has 0 radical (unpaired) electrons. The van der Waals surface area contributed by atoms with Crippen molar-refractivity contribution in [3.63, 3.8) is 0 Å². The molecule has 8 nitrogen and oxygen atoms in total. The van der Waals surface area contributed by atoms with Gasteiger partial charge in [-0.3, -0.25) is 9.59 Å². The Labute approximate surface area is 217 Å². The number of nitrogens with zero attached hydrogens (tertiary/aromatic N) is 3. The normalized spacial score (nSPS) is 21.1. The highest BCUT2D eigenvalue weighted by atomic mass is 16.5. The number of fused-ring (bicyclic) bond motifs is 1. The van der Waals surface area contributed by atoms with Gasteiger partial charge < -0.3 is 23.8 Å². The molecular weight excluding hydrogens is 470 g/mol. The Bertz CT molecular complexity index is 1230. The molecule has 1 aromatic heterocycles. The van der Waals surface area contributed by atoms with Gasteiger partial charge in [0.05, 0.1) is 19.7 Å². The molecule has 1 saturated heterocycles. The highest BCUT2D eigenvalue weighted by Gasteiger charge is 2.47. The molecule has 0 bridgehead atoms. The third-order valence-electron chi connectivity index (χ3n) is 7.19. The number of likely N-dealkylation sites (N-methyl/N-ethyl adjacent to an activating group) is 1. The molecule has 3 heterocycles. The molecule has 37 heavy (non-hydrogen) atoms. The molecule has 1 unspecified atom stereocenters. The van der Waals surface area contributed by atoms with Crippen molar-refractivity contribution in [2.75, 3.05) is 39.4 Å². The van der Waals surface area contributed by atoms with Gasteiger partial charge in [-0.2, -0.15) is 0 Å². The molecular formula is C29H33N3O5. The van der Waals surface area contributed by atoms with Crippen LogP contribution in [0.1, 0.15) is 42.3 Å². The Kier molecular flexibility index (Phi) is 7.55. The van der Waals surface area contributed by atoms with Gasteiger partial charge in [0.2, 0.25) is 5.76 Å². The molecule has 2 amide bonds. The zero-order valence-corrected chi connectivity index (χ0v) is 21.2. The number of benzene rings is 2. The van der Waals surface area contributed by atoms with Gasteiger partial charge in [-0.15, -0.1) is 0 Å². The molecule has 2 aliphatic heterocycles. The van der Waals surface area contributed by atoms with Crippen molar-refractivity contribution in [2.45, 2.75) is 38.2 Å². The maximum atomic E-state index is 13.9. The zero-order chi connectivity index (χ0) is 25.7. The second-order valence-corrected chi connectivity index (χ2v) is 9.56. The van der Waals surface area contributed by atoms with E-state index in [1.54, 1.807) is 15.9 Å². The number of ether oxygens (including phenoxy) is 2. The van der Waals surface area contributed by atoms with Crippen LogP contribution in [0.5, 0.6) is 5.75 Å². The molecule has 1 fully saturated rings. The number of aryl methyl sites for hydroxylation is 1. The second kappa shape index (κ2) is 11.2. The van der Waals surface area contributed by atoms with E-state index in [1.807, 2.05) is 55.5 Å². The molecule has 2 aliphatic rings. The third-order valence-corrected chi connectivity index (χ3v) is 7.19. The summed E-state index contributed by atoms with van der Waals surface area (Å²) in [4.78, 5) is 30.8. The molecule has 5 rings (SSSR count). The lowest BCUT2D eigenvalue weighted by Crippen LogP contribution is -2.62. The summed E-state index contributed by atoms with van der Waals surface area (Å²) in [5, 5.41) is 4.09. The van der Waals surface area contributed by atoms with Crippen LogP contribution in [0.3, 0.4) is 0 Å². The highest BCUT2D eigenvalue weighted by Crippen LogP contribution is 2.30. The lowest BCUT2D eigenvalue weighted by atomic mass is 9.91. The first-order chi connectivity index (χ1) is 18.1.